The van der Waals surface area contributed by atoms with Crippen molar-refractivity contribution < 1.29 is 5.11 Å². The zero-order chi connectivity index (χ0) is 12.4. The molecular weight excluding hydrogens is 300 g/mol. The predicted molar refractivity (Wildman–Crippen MR) is 73.2 cm³/mol. The first-order valence-electron chi connectivity index (χ1n) is 5.13. The number of hydrogen-bond acceptors (Lipinski definition) is 3. The average Bonchev–Trinajstić information content (AvgIpc) is 2.68. The lowest BCUT2D eigenvalue weighted by atomic mass is 10.1. The molecule has 1 N–H and O–H groups in total. The number of aryl methyl sites for hydroxylation is 1. The Labute approximate surface area is 113 Å². The van der Waals surface area contributed by atoms with Crippen LogP contribution in [0.2, 0.25) is 0 Å². The van der Waals surface area contributed by atoms with Crippen molar-refractivity contribution in [1.82, 2.24) is 9.78 Å². The molecule has 2 rings (SSSR count). The SMILES string of the molecule is CSc1ccc(C(O)c2c(Br)cnn2C)cc1. The minimum absolute atomic E-state index is 0.659. The zero-order valence-electron chi connectivity index (χ0n) is 9.59. The Morgan fingerprint density at radius 1 is 1.35 bits per heavy atom. The maximum atomic E-state index is 10.3. The van der Waals surface area contributed by atoms with E-state index in [9.17, 15) is 5.11 Å². The second-order valence-corrected chi connectivity index (χ2v) is 5.41. The lowest BCUT2D eigenvalue weighted by Crippen LogP contribution is -2.07. The van der Waals surface area contributed by atoms with E-state index < -0.39 is 6.10 Å². The Morgan fingerprint density at radius 2 is 2.00 bits per heavy atom. The molecule has 1 atom stereocenters. The molecule has 3 nitrogen and oxygen atoms in total. The van der Waals surface area contributed by atoms with E-state index in [0.29, 0.717) is 0 Å². The van der Waals surface area contributed by atoms with Crippen molar-refractivity contribution in [3.8, 4) is 0 Å². The molecule has 17 heavy (non-hydrogen) atoms. The van der Waals surface area contributed by atoms with Gasteiger partial charge in [0.25, 0.3) is 0 Å². The van der Waals surface area contributed by atoms with Crippen LogP contribution in [0.3, 0.4) is 0 Å². The van der Waals surface area contributed by atoms with Crippen LogP contribution in [0.4, 0.5) is 0 Å². The number of thioether (sulfide) groups is 1. The third-order valence-corrected chi connectivity index (χ3v) is 3.98. The van der Waals surface area contributed by atoms with Crippen LogP contribution < -0.4 is 0 Å². The van der Waals surface area contributed by atoms with Gasteiger partial charge < -0.3 is 5.11 Å². The standard InChI is InChI=1S/C12H13BrN2OS/c1-15-11(10(13)7-14-15)12(16)8-3-5-9(17-2)6-4-8/h3-7,12,16H,1-2H3. The molecule has 0 aliphatic rings. The predicted octanol–water partition coefficient (Wildman–Crippen LogP) is 2.99. The molecule has 0 saturated carbocycles. The molecule has 0 aliphatic carbocycles. The molecule has 0 saturated heterocycles. The maximum absolute atomic E-state index is 10.3. The van der Waals surface area contributed by atoms with Crippen LogP contribution in [0, 0.1) is 0 Å². The van der Waals surface area contributed by atoms with E-state index >= 15 is 0 Å². The minimum Gasteiger partial charge on any atom is -0.382 e. The molecule has 1 unspecified atom stereocenters. The molecule has 2 aromatic rings. The smallest absolute Gasteiger partial charge is 0.122 e. The highest BCUT2D eigenvalue weighted by Gasteiger charge is 2.17. The first-order valence-corrected chi connectivity index (χ1v) is 7.14. The summed E-state index contributed by atoms with van der Waals surface area (Å²) in [6.45, 7) is 0. The molecule has 0 spiro atoms. The fourth-order valence-electron chi connectivity index (χ4n) is 1.67. The third kappa shape index (κ3) is 2.56. The zero-order valence-corrected chi connectivity index (χ0v) is 12.0. The Bertz CT molecular complexity index is 490. The van der Waals surface area contributed by atoms with Gasteiger partial charge in [-0.05, 0) is 39.9 Å². The molecule has 1 aromatic carbocycles. The lowest BCUT2D eigenvalue weighted by Gasteiger charge is -2.12. The van der Waals surface area contributed by atoms with Crippen molar-refractivity contribution in [3.05, 3.63) is 46.2 Å². The second kappa shape index (κ2) is 5.25. The third-order valence-electron chi connectivity index (χ3n) is 2.63. The van der Waals surface area contributed by atoms with Crippen molar-refractivity contribution >= 4 is 27.7 Å². The average molecular weight is 313 g/mol. The summed E-state index contributed by atoms with van der Waals surface area (Å²) >= 11 is 5.08. The number of benzene rings is 1. The monoisotopic (exact) mass is 312 g/mol. The number of aliphatic hydroxyl groups excluding tert-OH is 1. The highest BCUT2D eigenvalue weighted by Crippen LogP contribution is 2.28. The molecule has 0 aliphatic heterocycles. The van der Waals surface area contributed by atoms with Crippen LogP contribution >= 0.6 is 27.7 Å². The summed E-state index contributed by atoms with van der Waals surface area (Å²) in [4.78, 5) is 1.19. The number of aromatic nitrogens is 2. The Hall–Kier alpha value is -0.780. The van der Waals surface area contributed by atoms with Crippen molar-refractivity contribution in [1.29, 1.82) is 0 Å². The quantitative estimate of drug-likeness (QED) is 0.885. The van der Waals surface area contributed by atoms with Crippen molar-refractivity contribution in [3.63, 3.8) is 0 Å². The van der Waals surface area contributed by atoms with Crippen LogP contribution in [0.15, 0.2) is 39.8 Å². The fourth-order valence-corrected chi connectivity index (χ4v) is 2.65. The first kappa shape index (κ1) is 12.7. The van der Waals surface area contributed by atoms with Gasteiger partial charge in [-0.15, -0.1) is 11.8 Å². The van der Waals surface area contributed by atoms with Crippen LogP contribution in [0.25, 0.3) is 0 Å². The Morgan fingerprint density at radius 3 is 2.47 bits per heavy atom. The van der Waals surface area contributed by atoms with Crippen molar-refractivity contribution in [2.24, 2.45) is 7.05 Å². The van der Waals surface area contributed by atoms with Gasteiger partial charge in [-0.25, -0.2) is 0 Å². The molecule has 5 heteroatoms. The van der Waals surface area contributed by atoms with E-state index in [-0.39, 0.29) is 0 Å². The molecule has 0 bridgehead atoms. The molecule has 90 valence electrons. The van der Waals surface area contributed by atoms with E-state index in [4.69, 9.17) is 0 Å². The highest BCUT2D eigenvalue weighted by molar-refractivity contribution is 9.10. The Balaban J connectivity index is 2.33. The fraction of sp³-hybridized carbons (Fsp3) is 0.250. The van der Waals surface area contributed by atoms with E-state index in [1.54, 1.807) is 22.6 Å². The van der Waals surface area contributed by atoms with Crippen LogP contribution in [-0.4, -0.2) is 21.1 Å². The summed E-state index contributed by atoms with van der Waals surface area (Å²) < 4.78 is 2.50. The van der Waals surface area contributed by atoms with E-state index in [0.717, 1.165) is 15.7 Å². The minimum atomic E-state index is -0.659. The number of nitrogens with zero attached hydrogens (tertiary/aromatic N) is 2. The highest BCUT2D eigenvalue weighted by atomic mass is 79.9. The number of hydrogen-bond donors (Lipinski definition) is 1. The van der Waals surface area contributed by atoms with E-state index in [1.807, 2.05) is 37.6 Å². The van der Waals surface area contributed by atoms with Gasteiger partial charge in [-0.1, -0.05) is 12.1 Å². The molecule has 0 radical (unpaired) electrons. The van der Waals surface area contributed by atoms with Gasteiger partial charge in [0, 0.05) is 11.9 Å². The van der Waals surface area contributed by atoms with Gasteiger partial charge in [0.1, 0.15) is 6.10 Å². The molecular formula is C12H13BrN2OS. The van der Waals surface area contributed by atoms with E-state index in [1.165, 1.54) is 4.90 Å². The van der Waals surface area contributed by atoms with Crippen molar-refractivity contribution in [2.45, 2.75) is 11.0 Å². The van der Waals surface area contributed by atoms with Gasteiger partial charge in [0.05, 0.1) is 16.4 Å². The summed E-state index contributed by atoms with van der Waals surface area (Å²) in [5, 5.41) is 14.4. The largest absolute Gasteiger partial charge is 0.382 e. The second-order valence-electron chi connectivity index (χ2n) is 3.68. The topological polar surface area (TPSA) is 38.1 Å². The number of rotatable bonds is 3. The summed E-state index contributed by atoms with van der Waals surface area (Å²) in [5.74, 6) is 0. The van der Waals surface area contributed by atoms with Crippen LogP contribution in [0.1, 0.15) is 17.4 Å². The lowest BCUT2D eigenvalue weighted by molar-refractivity contribution is 0.209. The van der Waals surface area contributed by atoms with Gasteiger partial charge >= 0.3 is 0 Å². The first-order chi connectivity index (χ1) is 8.13. The summed E-state index contributed by atoms with van der Waals surface area (Å²) in [6, 6.07) is 7.90. The van der Waals surface area contributed by atoms with Gasteiger partial charge in [0.2, 0.25) is 0 Å². The summed E-state index contributed by atoms with van der Waals surface area (Å²) in [5.41, 5.74) is 1.63. The van der Waals surface area contributed by atoms with Gasteiger partial charge in [0.15, 0.2) is 0 Å². The van der Waals surface area contributed by atoms with Crippen LogP contribution in [-0.2, 0) is 7.05 Å². The summed E-state index contributed by atoms with van der Waals surface area (Å²) in [6.07, 6.45) is 3.06. The summed E-state index contributed by atoms with van der Waals surface area (Å²) in [7, 11) is 1.82. The normalized spacial score (nSPS) is 12.7. The molecule has 1 aromatic heterocycles. The van der Waals surface area contributed by atoms with Gasteiger partial charge in [-0.3, -0.25) is 4.68 Å². The van der Waals surface area contributed by atoms with Crippen molar-refractivity contribution in [2.75, 3.05) is 6.26 Å². The van der Waals surface area contributed by atoms with Gasteiger partial charge in [-0.2, -0.15) is 5.10 Å². The van der Waals surface area contributed by atoms with Crippen LogP contribution in [0.5, 0.6) is 0 Å². The molecule has 0 amide bonds. The maximum Gasteiger partial charge on any atom is 0.122 e. The number of halogens is 1. The Kier molecular flexibility index (Phi) is 3.91. The number of aliphatic hydroxyl groups is 1. The molecule has 1 heterocycles. The molecule has 0 fully saturated rings. The van der Waals surface area contributed by atoms with E-state index in [2.05, 4.69) is 21.0 Å².